The van der Waals surface area contributed by atoms with Gasteiger partial charge >= 0.3 is 0 Å². The third-order valence-corrected chi connectivity index (χ3v) is 3.87. The van der Waals surface area contributed by atoms with Gasteiger partial charge in [0.05, 0.1) is 13.2 Å². The summed E-state index contributed by atoms with van der Waals surface area (Å²) >= 11 is 0. The summed E-state index contributed by atoms with van der Waals surface area (Å²) in [5.74, 6) is 0.822. The Labute approximate surface area is 160 Å². The molecule has 27 heavy (non-hydrogen) atoms. The molecular weight excluding hydrogens is 336 g/mol. The molecule has 3 rings (SSSR count). The van der Waals surface area contributed by atoms with E-state index in [0.717, 1.165) is 17.0 Å². The van der Waals surface area contributed by atoms with Gasteiger partial charge in [0.15, 0.2) is 5.84 Å². The second-order valence-corrected chi connectivity index (χ2v) is 6.23. The van der Waals surface area contributed by atoms with Gasteiger partial charge in [-0.15, -0.1) is 0 Å². The van der Waals surface area contributed by atoms with E-state index in [4.69, 9.17) is 4.74 Å². The van der Waals surface area contributed by atoms with Gasteiger partial charge in [-0.3, -0.25) is 4.57 Å². The van der Waals surface area contributed by atoms with Gasteiger partial charge in [-0.05, 0) is 11.1 Å². The molecule has 0 aliphatic heterocycles. The average molecular weight is 360 g/mol. The highest BCUT2D eigenvalue weighted by atomic mass is 16.5. The maximum atomic E-state index is 5.74. The number of imidazole rings is 1. The topological polar surface area (TPSA) is 42.6 Å². The van der Waals surface area contributed by atoms with Crippen molar-refractivity contribution in [3.63, 3.8) is 0 Å². The van der Waals surface area contributed by atoms with Crippen LogP contribution in [0, 0.1) is 0 Å². The number of hydrazone groups is 1. The van der Waals surface area contributed by atoms with Crippen molar-refractivity contribution in [1.82, 2.24) is 14.6 Å². The van der Waals surface area contributed by atoms with Crippen LogP contribution >= 0.6 is 0 Å². The first kappa shape index (κ1) is 18.6. The summed E-state index contributed by atoms with van der Waals surface area (Å²) in [4.78, 5) is 4.15. The second-order valence-electron chi connectivity index (χ2n) is 6.23. The summed E-state index contributed by atoms with van der Waals surface area (Å²) in [5.41, 5.74) is 3.28. The number of benzene rings is 2. The van der Waals surface area contributed by atoms with Crippen molar-refractivity contribution in [3.05, 3.63) is 96.1 Å². The molecule has 0 N–H and O–H groups in total. The molecule has 138 valence electrons. The van der Waals surface area contributed by atoms with Crippen molar-refractivity contribution in [2.24, 2.45) is 5.10 Å². The molecule has 1 aromatic heterocycles. The number of nitrogens with zero attached hydrogens (tertiary/aromatic N) is 4. The maximum Gasteiger partial charge on any atom is 0.165 e. The molecule has 0 spiro atoms. The molecule has 0 fully saturated rings. The van der Waals surface area contributed by atoms with E-state index in [1.165, 1.54) is 5.56 Å². The highest BCUT2D eigenvalue weighted by molar-refractivity contribution is 6.03. The van der Waals surface area contributed by atoms with Gasteiger partial charge in [-0.1, -0.05) is 66.7 Å². The highest BCUT2D eigenvalue weighted by Crippen LogP contribution is 2.14. The van der Waals surface area contributed by atoms with Crippen LogP contribution < -0.4 is 0 Å². The van der Waals surface area contributed by atoms with Crippen LogP contribution in [0.25, 0.3) is 6.08 Å². The molecule has 0 saturated heterocycles. The maximum absolute atomic E-state index is 5.74. The van der Waals surface area contributed by atoms with Crippen molar-refractivity contribution in [1.29, 1.82) is 0 Å². The van der Waals surface area contributed by atoms with Gasteiger partial charge in [0.25, 0.3) is 0 Å². The van der Waals surface area contributed by atoms with Crippen LogP contribution in [0.5, 0.6) is 0 Å². The fourth-order valence-corrected chi connectivity index (χ4v) is 2.66. The van der Waals surface area contributed by atoms with Crippen LogP contribution in [0.4, 0.5) is 0 Å². The van der Waals surface area contributed by atoms with E-state index < -0.39 is 0 Å². The smallest absolute Gasteiger partial charge is 0.165 e. The second kappa shape index (κ2) is 9.50. The minimum absolute atomic E-state index is 0.550. The van der Waals surface area contributed by atoms with E-state index in [0.29, 0.717) is 13.2 Å². The molecule has 0 amide bonds. The Hall–Kier alpha value is -3.18. The Balaban J connectivity index is 1.73. The molecule has 0 radical (unpaired) electrons. The molecule has 2 aromatic carbocycles. The molecule has 0 bridgehead atoms. The van der Waals surface area contributed by atoms with E-state index in [9.17, 15) is 0 Å². The van der Waals surface area contributed by atoms with Gasteiger partial charge in [0.2, 0.25) is 0 Å². The lowest BCUT2D eigenvalue weighted by Crippen LogP contribution is -2.18. The number of ether oxygens (including phenoxy) is 1. The molecule has 5 heteroatoms. The standard InChI is InChI=1S/C22H24N4O/c1-25(2)24-22(26-15-14-23-18-26)21-13-7-6-11-20(21)12-8-16-27-17-19-9-4-3-5-10-19/h3-15,18H,16-17H2,1-2H3/b12-8+,24-22+. The van der Waals surface area contributed by atoms with Gasteiger partial charge < -0.3 is 9.75 Å². The Morgan fingerprint density at radius 3 is 2.63 bits per heavy atom. The first-order chi connectivity index (χ1) is 13.2. The largest absolute Gasteiger partial charge is 0.373 e. The lowest BCUT2D eigenvalue weighted by atomic mass is 10.1. The summed E-state index contributed by atoms with van der Waals surface area (Å²) < 4.78 is 7.65. The quantitative estimate of drug-likeness (QED) is 0.278. The van der Waals surface area contributed by atoms with Crippen LogP contribution in [0.2, 0.25) is 0 Å². The molecule has 1 heterocycles. The zero-order chi connectivity index (χ0) is 18.9. The third-order valence-electron chi connectivity index (χ3n) is 3.87. The Morgan fingerprint density at radius 1 is 1.11 bits per heavy atom. The lowest BCUT2D eigenvalue weighted by molar-refractivity contribution is 0.149. The first-order valence-corrected chi connectivity index (χ1v) is 8.86. The van der Waals surface area contributed by atoms with Crippen molar-refractivity contribution in [2.75, 3.05) is 20.7 Å². The van der Waals surface area contributed by atoms with E-state index >= 15 is 0 Å². The van der Waals surface area contributed by atoms with Crippen LogP contribution in [0.3, 0.4) is 0 Å². The van der Waals surface area contributed by atoms with Crippen molar-refractivity contribution < 1.29 is 4.74 Å². The van der Waals surface area contributed by atoms with E-state index in [2.05, 4.69) is 40.4 Å². The minimum atomic E-state index is 0.550. The van der Waals surface area contributed by atoms with Crippen LogP contribution in [0.15, 0.2) is 84.5 Å². The van der Waals surface area contributed by atoms with E-state index in [1.54, 1.807) is 17.5 Å². The predicted octanol–water partition coefficient (Wildman–Crippen LogP) is 3.88. The van der Waals surface area contributed by atoms with Crippen LogP contribution in [-0.2, 0) is 11.3 Å². The number of rotatable bonds is 7. The zero-order valence-electron chi connectivity index (χ0n) is 15.7. The number of hydrogen-bond donors (Lipinski definition) is 0. The molecule has 3 aromatic rings. The number of aromatic nitrogens is 2. The van der Waals surface area contributed by atoms with Gasteiger partial charge in [0, 0.05) is 32.1 Å². The average Bonchev–Trinajstić information content (AvgIpc) is 3.21. The molecule has 0 saturated carbocycles. The summed E-state index contributed by atoms with van der Waals surface area (Å²) in [6.45, 7) is 1.16. The highest BCUT2D eigenvalue weighted by Gasteiger charge is 2.10. The molecule has 0 aliphatic rings. The van der Waals surface area contributed by atoms with Crippen molar-refractivity contribution in [3.8, 4) is 0 Å². The summed E-state index contributed by atoms with van der Waals surface area (Å²) in [5, 5.41) is 6.43. The SMILES string of the molecule is CN(C)/N=C(\c1ccccc1/C=C/COCc1ccccc1)n1ccnc1. The summed E-state index contributed by atoms with van der Waals surface area (Å²) in [6, 6.07) is 18.3. The summed E-state index contributed by atoms with van der Waals surface area (Å²) in [7, 11) is 3.82. The summed E-state index contributed by atoms with van der Waals surface area (Å²) in [6.07, 6.45) is 9.50. The van der Waals surface area contributed by atoms with Gasteiger partial charge in [-0.2, -0.15) is 5.10 Å². The molecular formula is C22H24N4O. The molecule has 0 unspecified atom stereocenters. The zero-order valence-corrected chi connectivity index (χ0v) is 15.7. The monoisotopic (exact) mass is 360 g/mol. The third kappa shape index (κ3) is 5.39. The Bertz CT molecular complexity index is 884. The normalized spacial score (nSPS) is 11.9. The van der Waals surface area contributed by atoms with Crippen LogP contribution in [0.1, 0.15) is 16.7 Å². The number of hydrogen-bond acceptors (Lipinski definition) is 4. The fourth-order valence-electron chi connectivity index (χ4n) is 2.66. The van der Waals surface area contributed by atoms with Crippen LogP contribution in [-0.4, -0.2) is 41.1 Å². The van der Waals surface area contributed by atoms with E-state index in [-0.39, 0.29) is 0 Å². The first-order valence-electron chi connectivity index (χ1n) is 8.86. The Morgan fingerprint density at radius 2 is 1.89 bits per heavy atom. The minimum Gasteiger partial charge on any atom is -0.373 e. The molecule has 0 atom stereocenters. The van der Waals surface area contributed by atoms with Crippen molar-refractivity contribution in [2.45, 2.75) is 6.61 Å². The van der Waals surface area contributed by atoms with Gasteiger partial charge in [0.1, 0.15) is 6.33 Å². The van der Waals surface area contributed by atoms with Gasteiger partial charge in [-0.25, -0.2) is 4.98 Å². The lowest BCUT2D eigenvalue weighted by Gasteiger charge is -2.14. The Kier molecular flexibility index (Phi) is 6.55. The fraction of sp³-hybridized carbons (Fsp3) is 0.182. The molecule has 5 nitrogen and oxygen atoms in total. The predicted molar refractivity (Wildman–Crippen MR) is 109 cm³/mol. The molecule has 0 aliphatic carbocycles. The van der Waals surface area contributed by atoms with E-state index in [1.807, 2.05) is 61.3 Å². The van der Waals surface area contributed by atoms with Crippen molar-refractivity contribution >= 4 is 11.9 Å².